The van der Waals surface area contributed by atoms with Gasteiger partial charge in [-0.15, -0.1) is 0 Å². The Morgan fingerprint density at radius 3 is 2.89 bits per heavy atom. The Morgan fingerprint density at radius 2 is 1.95 bits per heavy atom. The first-order valence-corrected chi connectivity index (χ1v) is 5.96. The van der Waals surface area contributed by atoms with E-state index in [2.05, 4.69) is 15.0 Å². The van der Waals surface area contributed by atoms with Crippen LogP contribution in [0.2, 0.25) is 0 Å². The molecule has 0 spiro atoms. The van der Waals surface area contributed by atoms with E-state index in [-0.39, 0.29) is 5.69 Å². The van der Waals surface area contributed by atoms with Crippen LogP contribution in [-0.4, -0.2) is 19.4 Å². The summed E-state index contributed by atoms with van der Waals surface area (Å²) < 4.78 is 2.02. The largest absolute Gasteiger partial charge is 0.323 e. The third-order valence-electron chi connectivity index (χ3n) is 3.21. The van der Waals surface area contributed by atoms with Gasteiger partial charge in [0.1, 0.15) is 5.82 Å². The minimum Gasteiger partial charge on any atom is -0.306 e. The number of aromatic amines is 2. The number of benzene rings is 1. The highest BCUT2D eigenvalue weighted by atomic mass is 16.1. The number of nitrogens with zero attached hydrogens (tertiary/aromatic N) is 2. The van der Waals surface area contributed by atoms with Crippen LogP contribution in [0.5, 0.6) is 0 Å². The highest BCUT2D eigenvalue weighted by Crippen LogP contribution is 2.22. The highest BCUT2D eigenvalue weighted by molar-refractivity contribution is 5.80. The topological polar surface area (TPSA) is 65.9 Å². The maximum Gasteiger partial charge on any atom is 0.323 e. The molecule has 4 aromatic rings. The number of fused-ring (bicyclic) bond motifs is 2. The second-order valence-electron chi connectivity index (χ2n) is 4.42. The Bertz CT molecular complexity index is 945. The zero-order chi connectivity index (χ0) is 12.8. The molecule has 0 aliphatic heterocycles. The molecule has 4 rings (SSSR count). The summed E-state index contributed by atoms with van der Waals surface area (Å²) in [4.78, 5) is 21.2. The van der Waals surface area contributed by atoms with Crippen molar-refractivity contribution in [1.82, 2.24) is 19.4 Å². The first-order chi connectivity index (χ1) is 9.31. The van der Waals surface area contributed by atoms with Gasteiger partial charge in [-0.1, -0.05) is 6.07 Å². The van der Waals surface area contributed by atoms with Gasteiger partial charge in [0.2, 0.25) is 0 Å². The van der Waals surface area contributed by atoms with E-state index in [9.17, 15) is 4.79 Å². The molecule has 92 valence electrons. The average molecular weight is 250 g/mol. The van der Waals surface area contributed by atoms with Crippen LogP contribution in [-0.2, 0) is 0 Å². The fourth-order valence-corrected chi connectivity index (χ4v) is 2.33. The normalized spacial score (nSPS) is 11.4. The van der Waals surface area contributed by atoms with E-state index >= 15 is 0 Å². The monoisotopic (exact) mass is 250 g/mol. The molecule has 0 saturated carbocycles. The second-order valence-corrected chi connectivity index (χ2v) is 4.42. The van der Waals surface area contributed by atoms with Crippen LogP contribution >= 0.6 is 0 Å². The number of hydrogen-bond acceptors (Lipinski definition) is 2. The van der Waals surface area contributed by atoms with E-state index < -0.39 is 0 Å². The maximum atomic E-state index is 11.3. The predicted molar refractivity (Wildman–Crippen MR) is 73.1 cm³/mol. The summed E-state index contributed by atoms with van der Waals surface area (Å²) in [6.45, 7) is 0. The molecule has 0 fully saturated rings. The van der Waals surface area contributed by atoms with Gasteiger partial charge in [0.05, 0.1) is 22.7 Å². The number of H-pyrrole nitrogens is 2. The third-order valence-corrected chi connectivity index (χ3v) is 3.21. The van der Waals surface area contributed by atoms with Crippen molar-refractivity contribution in [3.8, 4) is 11.4 Å². The summed E-state index contributed by atoms with van der Waals surface area (Å²) >= 11 is 0. The second kappa shape index (κ2) is 3.58. The lowest BCUT2D eigenvalue weighted by molar-refractivity contribution is 1.16. The summed E-state index contributed by atoms with van der Waals surface area (Å²) in [6.07, 6.45) is 3.81. The van der Waals surface area contributed by atoms with Crippen molar-refractivity contribution in [1.29, 1.82) is 0 Å². The third kappa shape index (κ3) is 1.48. The lowest BCUT2D eigenvalue weighted by Crippen LogP contribution is -1.99. The van der Waals surface area contributed by atoms with Crippen LogP contribution in [0, 0.1) is 0 Å². The minimum absolute atomic E-state index is 0.194. The van der Waals surface area contributed by atoms with Crippen molar-refractivity contribution in [3.05, 3.63) is 59.3 Å². The van der Waals surface area contributed by atoms with Gasteiger partial charge >= 0.3 is 5.69 Å². The Kier molecular flexibility index (Phi) is 1.91. The number of pyridine rings is 1. The number of rotatable bonds is 1. The van der Waals surface area contributed by atoms with Crippen molar-refractivity contribution in [3.63, 3.8) is 0 Å². The Hall–Kier alpha value is -2.82. The Balaban J connectivity index is 2.00. The first-order valence-electron chi connectivity index (χ1n) is 5.96. The summed E-state index contributed by atoms with van der Waals surface area (Å²) in [5.74, 6) is 0.861. The average Bonchev–Trinajstić information content (AvgIpc) is 2.99. The number of nitrogens with one attached hydrogen (secondary N) is 2. The van der Waals surface area contributed by atoms with E-state index in [0.29, 0.717) is 0 Å². The van der Waals surface area contributed by atoms with Crippen LogP contribution in [0.1, 0.15) is 0 Å². The summed E-state index contributed by atoms with van der Waals surface area (Å²) in [5, 5.41) is 0. The van der Waals surface area contributed by atoms with Gasteiger partial charge in [0, 0.05) is 11.8 Å². The molecule has 0 amide bonds. The van der Waals surface area contributed by atoms with Gasteiger partial charge in [-0.05, 0) is 30.3 Å². The standard InChI is InChI=1S/C14H10N4O/c19-14-16-11-5-4-9(7-12(11)17-14)13-15-8-10-3-1-2-6-18(10)13/h1-8H,(H2,16,17,19). The van der Waals surface area contributed by atoms with Crippen molar-refractivity contribution in [2.45, 2.75) is 0 Å². The van der Waals surface area contributed by atoms with Crippen LogP contribution in [0.25, 0.3) is 27.9 Å². The van der Waals surface area contributed by atoms with Crippen LogP contribution in [0.4, 0.5) is 0 Å². The smallest absolute Gasteiger partial charge is 0.306 e. The Labute approximate surface area is 107 Å². The summed E-state index contributed by atoms with van der Waals surface area (Å²) in [5.41, 5.74) is 3.40. The number of aromatic nitrogens is 4. The maximum absolute atomic E-state index is 11.3. The fourth-order valence-electron chi connectivity index (χ4n) is 2.33. The van der Waals surface area contributed by atoms with E-state index in [1.54, 1.807) is 0 Å². The SMILES string of the molecule is O=c1[nH]c2ccc(-c3ncc4ccccn34)cc2[nH]1. The lowest BCUT2D eigenvalue weighted by Gasteiger charge is -2.01. The zero-order valence-electron chi connectivity index (χ0n) is 9.92. The first kappa shape index (κ1) is 10.1. The molecule has 3 heterocycles. The molecule has 0 saturated heterocycles. The van der Waals surface area contributed by atoms with Gasteiger partial charge in [0.15, 0.2) is 0 Å². The lowest BCUT2D eigenvalue weighted by atomic mass is 10.2. The zero-order valence-corrected chi connectivity index (χ0v) is 9.92. The molecule has 3 aromatic heterocycles. The molecule has 19 heavy (non-hydrogen) atoms. The molecular weight excluding hydrogens is 240 g/mol. The molecule has 0 aliphatic carbocycles. The van der Waals surface area contributed by atoms with Gasteiger partial charge in [-0.25, -0.2) is 9.78 Å². The molecule has 1 aromatic carbocycles. The van der Waals surface area contributed by atoms with E-state index in [0.717, 1.165) is 27.9 Å². The Morgan fingerprint density at radius 1 is 1.05 bits per heavy atom. The molecule has 0 atom stereocenters. The fraction of sp³-hybridized carbons (Fsp3) is 0. The molecule has 0 unspecified atom stereocenters. The highest BCUT2D eigenvalue weighted by Gasteiger charge is 2.07. The molecular formula is C14H10N4O. The van der Waals surface area contributed by atoms with Crippen LogP contribution in [0.3, 0.4) is 0 Å². The molecule has 5 nitrogen and oxygen atoms in total. The number of imidazole rings is 2. The van der Waals surface area contributed by atoms with Crippen molar-refractivity contribution >= 4 is 16.6 Å². The van der Waals surface area contributed by atoms with Crippen molar-refractivity contribution in [2.24, 2.45) is 0 Å². The molecule has 0 radical (unpaired) electrons. The minimum atomic E-state index is -0.194. The van der Waals surface area contributed by atoms with E-state index in [4.69, 9.17) is 0 Å². The molecule has 0 bridgehead atoms. The summed E-state index contributed by atoms with van der Waals surface area (Å²) in [7, 11) is 0. The van der Waals surface area contributed by atoms with Crippen LogP contribution < -0.4 is 5.69 Å². The van der Waals surface area contributed by atoms with E-state index in [1.807, 2.05) is 53.2 Å². The van der Waals surface area contributed by atoms with E-state index in [1.165, 1.54) is 0 Å². The quantitative estimate of drug-likeness (QED) is 0.543. The molecule has 2 N–H and O–H groups in total. The predicted octanol–water partition coefficient (Wildman–Crippen LogP) is 2.17. The van der Waals surface area contributed by atoms with Crippen molar-refractivity contribution < 1.29 is 0 Å². The number of hydrogen-bond donors (Lipinski definition) is 2. The van der Waals surface area contributed by atoms with Gasteiger partial charge < -0.3 is 9.97 Å². The molecule has 5 heteroatoms. The van der Waals surface area contributed by atoms with Crippen molar-refractivity contribution in [2.75, 3.05) is 0 Å². The molecule has 0 aliphatic rings. The van der Waals surface area contributed by atoms with Gasteiger partial charge in [0.25, 0.3) is 0 Å². The van der Waals surface area contributed by atoms with Gasteiger partial charge in [-0.3, -0.25) is 4.40 Å². The van der Waals surface area contributed by atoms with Gasteiger partial charge in [-0.2, -0.15) is 0 Å². The summed E-state index contributed by atoms with van der Waals surface area (Å²) in [6, 6.07) is 11.7. The van der Waals surface area contributed by atoms with Crippen LogP contribution in [0.15, 0.2) is 53.6 Å².